The lowest BCUT2D eigenvalue weighted by atomic mass is 10.2. The van der Waals surface area contributed by atoms with E-state index in [0.717, 1.165) is 25.0 Å². The van der Waals surface area contributed by atoms with Crippen LogP contribution in [0.2, 0.25) is 0 Å². The maximum absolute atomic E-state index is 12.2. The molecule has 3 aromatic heterocycles. The highest BCUT2D eigenvalue weighted by atomic mass is 32.1. The van der Waals surface area contributed by atoms with Gasteiger partial charge >= 0.3 is 6.03 Å². The Labute approximate surface area is 143 Å². The molecule has 0 saturated carbocycles. The van der Waals surface area contributed by atoms with Gasteiger partial charge in [-0.2, -0.15) is 10.2 Å². The molecule has 0 radical (unpaired) electrons. The number of fused-ring (bicyclic) bond motifs is 1. The fraction of sp³-hybridized carbons (Fsp3) is 0.312. The minimum atomic E-state index is -0.252. The van der Waals surface area contributed by atoms with Crippen molar-refractivity contribution in [2.24, 2.45) is 0 Å². The van der Waals surface area contributed by atoms with Gasteiger partial charge in [-0.1, -0.05) is 6.07 Å². The zero-order valence-corrected chi connectivity index (χ0v) is 13.9. The number of H-pyrrole nitrogens is 1. The number of carbonyl (C=O) groups excluding carboxylic acids is 1. The van der Waals surface area contributed by atoms with Gasteiger partial charge in [0.15, 0.2) is 0 Å². The summed E-state index contributed by atoms with van der Waals surface area (Å²) in [7, 11) is 0. The Bertz CT molecular complexity index is 835. The molecular weight excluding hydrogens is 324 g/mol. The van der Waals surface area contributed by atoms with Crippen LogP contribution in [-0.4, -0.2) is 26.0 Å². The monoisotopic (exact) mass is 342 g/mol. The van der Waals surface area contributed by atoms with Crippen molar-refractivity contribution in [3.8, 4) is 0 Å². The molecule has 7 nitrogen and oxygen atoms in total. The second kappa shape index (κ2) is 6.48. The van der Waals surface area contributed by atoms with Crippen molar-refractivity contribution < 1.29 is 4.79 Å². The van der Waals surface area contributed by atoms with E-state index in [1.54, 1.807) is 28.3 Å². The second-order valence-electron chi connectivity index (χ2n) is 5.74. The molecular formula is C16H18N6OS. The summed E-state index contributed by atoms with van der Waals surface area (Å²) in [5, 5.41) is 19.4. The number of hydrogen-bond acceptors (Lipinski definition) is 4. The average Bonchev–Trinajstić information content (AvgIpc) is 3.32. The summed E-state index contributed by atoms with van der Waals surface area (Å²) >= 11 is 1.67. The zero-order valence-electron chi connectivity index (χ0n) is 13.1. The second-order valence-corrected chi connectivity index (χ2v) is 6.77. The van der Waals surface area contributed by atoms with E-state index >= 15 is 0 Å². The molecule has 3 aromatic rings. The van der Waals surface area contributed by atoms with Gasteiger partial charge in [0.1, 0.15) is 5.82 Å². The van der Waals surface area contributed by atoms with Crippen LogP contribution in [0.25, 0.3) is 0 Å². The lowest BCUT2D eigenvalue weighted by Gasteiger charge is -2.09. The van der Waals surface area contributed by atoms with E-state index in [1.165, 1.54) is 16.1 Å². The van der Waals surface area contributed by atoms with Crippen molar-refractivity contribution in [3.63, 3.8) is 0 Å². The van der Waals surface area contributed by atoms with Crippen molar-refractivity contribution in [2.45, 2.75) is 32.4 Å². The maximum Gasteiger partial charge on any atom is 0.320 e. The van der Waals surface area contributed by atoms with Crippen LogP contribution >= 0.6 is 11.3 Å². The predicted octanol–water partition coefficient (Wildman–Crippen LogP) is 2.53. The van der Waals surface area contributed by atoms with Crippen LogP contribution in [0, 0.1) is 0 Å². The molecule has 3 N–H and O–H groups in total. The number of urea groups is 1. The average molecular weight is 342 g/mol. The molecule has 4 rings (SSSR count). The van der Waals surface area contributed by atoms with Crippen LogP contribution in [0.4, 0.5) is 10.6 Å². The molecule has 0 bridgehead atoms. The highest BCUT2D eigenvalue weighted by Gasteiger charge is 2.18. The van der Waals surface area contributed by atoms with Crippen LogP contribution in [0.1, 0.15) is 28.2 Å². The summed E-state index contributed by atoms with van der Waals surface area (Å²) in [5.74, 6) is 0.674. The number of amides is 2. The number of aromatic nitrogens is 4. The van der Waals surface area contributed by atoms with Crippen molar-refractivity contribution in [1.82, 2.24) is 25.3 Å². The molecule has 0 atom stereocenters. The minimum absolute atomic E-state index is 0.252. The highest BCUT2D eigenvalue weighted by Crippen LogP contribution is 2.22. The molecule has 0 unspecified atom stereocenters. The van der Waals surface area contributed by atoms with Crippen molar-refractivity contribution in [2.75, 3.05) is 5.32 Å². The molecule has 0 aromatic carbocycles. The van der Waals surface area contributed by atoms with Gasteiger partial charge in [0, 0.05) is 16.6 Å². The van der Waals surface area contributed by atoms with Gasteiger partial charge in [0.25, 0.3) is 0 Å². The van der Waals surface area contributed by atoms with Crippen LogP contribution in [0.3, 0.4) is 0 Å². The molecule has 3 heterocycles. The molecule has 0 fully saturated rings. The number of nitrogens with one attached hydrogen (secondary N) is 3. The van der Waals surface area contributed by atoms with E-state index in [-0.39, 0.29) is 6.03 Å². The summed E-state index contributed by atoms with van der Waals surface area (Å²) in [6.07, 6.45) is 4.93. The van der Waals surface area contributed by atoms with E-state index in [4.69, 9.17) is 0 Å². The minimum Gasteiger partial charge on any atom is -0.332 e. The largest absolute Gasteiger partial charge is 0.332 e. The maximum atomic E-state index is 12.2. The third kappa shape index (κ3) is 3.05. The molecule has 2 amide bonds. The Hall–Kier alpha value is -2.61. The van der Waals surface area contributed by atoms with Crippen molar-refractivity contribution >= 4 is 23.2 Å². The Morgan fingerprint density at radius 3 is 3.21 bits per heavy atom. The van der Waals surface area contributed by atoms with Crippen LogP contribution in [0.5, 0.6) is 0 Å². The molecule has 0 aliphatic heterocycles. The third-order valence-electron chi connectivity index (χ3n) is 4.15. The first kappa shape index (κ1) is 14.9. The lowest BCUT2D eigenvalue weighted by molar-refractivity contribution is 0.251. The summed E-state index contributed by atoms with van der Waals surface area (Å²) in [4.78, 5) is 13.4. The standard InChI is InChI=1S/C16H18N6OS/c23-16(17-9-14-12-4-1-5-13(12)20-21-14)19-15-6-7-18-22(15)10-11-3-2-8-24-11/h2-3,6-8H,1,4-5,9-10H2,(H,20,21)(H2,17,19,23). The van der Waals surface area contributed by atoms with Gasteiger partial charge in [-0.05, 0) is 36.3 Å². The number of carbonyl (C=O) groups is 1. The fourth-order valence-corrected chi connectivity index (χ4v) is 3.66. The number of aryl methyl sites for hydroxylation is 1. The predicted molar refractivity (Wildman–Crippen MR) is 92.1 cm³/mol. The first-order valence-electron chi connectivity index (χ1n) is 7.93. The van der Waals surface area contributed by atoms with Crippen LogP contribution in [-0.2, 0) is 25.9 Å². The van der Waals surface area contributed by atoms with Gasteiger partial charge < -0.3 is 5.32 Å². The highest BCUT2D eigenvalue weighted by molar-refractivity contribution is 7.09. The molecule has 1 aliphatic carbocycles. The van der Waals surface area contributed by atoms with E-state index in [0.29, 0.717) is 18.9 Å². The van der Waals surface area contributed by atoms with E-state index < -0.39 is 0 Å². The van der Waals surface area contributed by atoms with E-state index in [9.17, 15) is 4.79 Å². The quantitative estimate of drug-likeness (QED) is 0.666. The normalized spacial score (nSPS) is 13.0. The van der Waals surface area contributed by atoms with Crippen LogP contribution < -0.4 is 10.6 Å². The third-order valence-corrected chi connectivity index (χ3v) is 5.01. The van der Waals surface area contributed by atoms with E-state index in [1.807, 2.05) is 17.5 Å². The topological polar surface area (TPSA) is 87.6 Å². The summed E-state index contributed by atoms with van der Waals surface area (Å²) in [6, 6.07) is 5.59. The van der Waals surface area contributed by atoms with Gasteiger partial charge in [-0.25, -0.2) is 9.48 Å². The number of aromatic amines is 1. The van der Waals surface area contributed by atoms with Crippen LogP contribution in [0.15, 0.2) is 29.8 Å². The Morgan fingerprint density at radius 1 is 1.38 bits per heavy atom. The van der Waals surface area contributed by atoms with Gasteiger partial charge in [0.2, 0.25) is 0 Å². The lowest BCUT2D eigenvalue weighted by Crippen LogP contribution is -2.29. The van der Waals surface area contributed by atoms with E-state index in [2.05, 4.69) is 25.9 Å². The Morgan fingerprint density at radius 2 is 2.33 bits per heavy atom. The SMILES string of the molecule is O=C(NCc1n[nH]c2c1CCC2)Nc1ccnn1Cc1cccs1. The van der Waals surface area contributed by atoms with Crippen molar-refractivity contribution in [1.29, 1.82) is 0 Å². The van der Waals surface area contributed by atoms with Gasteiger partial charge in [0.05, 0.1) is 25.0 Å². The Kier molecular flexibility index (Phi) is 4.04. The summed E-state index contributed by atoms with van der Waals surface area (Å²) in [6.45, 7) is 1.07. The summed E-state index contributed by atoms with van der Waals surface area (Å²) in [5.41, 5.74) is 3.41. The number of hydrogen-bond donors (Lipinski definition) is 3. The molecule has 0 spiro atoms. The fourth-order valence-electron chi connectivity index (χ4n) is 2.97. The first-order chi connectivity index (χ1) is 11.8. The molecule has 124 valence electrons. The van der Waals surface area contributed by atoms with Gasteiger partial charge in [-0.15, -0.1) is 11.3 Å². The molecule has 0 saturated heterocycles. The summed E-state index contributed by atoms with van der Waals surface area (Å²) < 4.78 is 1.78. The molecule has 24 heavy (non-hydrogen) atoms. The number of thiophene rings is 1. The smallest absolute Gasteiger partial charge is 0.320 e. The molecule has 1 aliphatic rings. The number of nitrogens with zero attached hydrogens (tertiary/aromatic N) is 3. The number of anilines is 1. The number of rotatable bonds is 5. The Balaban J connectivity index is 1.35. The van der Waals surface area contributed by atoms with Crippen molar-refractivity contribution in [3.05, 3.63) is 51.6 Å². The van der Waals surface area contributed by atoms with Gasteiger partial charge in [-0.3, -0.25) is 10.4 Å². The first-order valence-corrected chi connectivity index (χ1v) is 8.81. The molecule has 8 heteroatoms. The zero-order chi connectivity index (χ0) is 16.4.